The predicted octanol–water partition coefficient (Wildman–Crippen LogP) is 2.18. The number of aromatic nitrogens is 3. The third-order valence-electron chi connectivity index (χ3n) is 4.44. The molecular formula is C17H24N4O. The van der Waals surface area contributed by atoms with Crippen LogP contribution in [0.3, 0.4) is 0 Å². The van der Waals surface area contributed by atoms with E-state index in [-0.39, 0.29) is 6.61 Å². The van der Waals surface area contributed by atoms with E-state index in [4.69, 9.17) is 0 Å². The molecule has 22 heavy (non-hydrogen) atoms. The molecule has 0 spiro atoms. The van der Waals surface area contributed by atoms with Crippen molar-refractivity contribution < 1.29 is 5.11 Å². The first kappa shape index (κ1) is 15.2. The fourth-order valence-electron chi connectivity index (χ4n) is 3.25. The van der Waals surface area contributed by atoms with Gasteiger partial charge >= 0.3 is 0 Å². The zero-order valence-corrected chi connectivity index (χ0v) is 12.9. The van der Waals surface area contributed by atoms with Crippen molar-refractivity contribution in [1.29, 1.82) is 0 Å². The van der Waals surface area contributed by atoms with Gasteiger partial charge in [-0.25, -0.2) is 4.98 Å². The van der Waals surface area contributed by atoms with Gasteiger partial charge in [0, 0.05) is 49.5 Å². The first-order chi connectivity index (χ1) is 10.9. The Balaban J connectivity index is 1.57. The zero-order chi connectivity index (χ0) is 15.2. The maximum absolute atomic E-state index is 9.47. The Kier molecular flexibility index (Phi) is 5.19. The number of pyridine rings is 1. The molecule has 0 aliphatic carbocycles. The first-order valence-corrected chi connectivity index (χ1v) is 8.15. The maximum atomic E-state index is 9.47. The Morgan fingerprint density at radius 1 is 1.23 bits per heavy atom. The van der Waals surface area contributed by atoms with E-state index in [1.807, 2.05) is 30.7 Å². The lowest BCUT2D eigenvalue weighted by Gasteiger charge is -2.34. The minimum absolute atomic E-state index is 0.284. The van der Waals surface area contributed by atoms with Gasteiger partial charge in [0.2, 0.25) is 0 Å². The lowest BCUT2D eigenvalue weighted by Crippen LogP contribution is -2.42. The van der Waals surface area contributed by atoms with E-state index in [2.05, 4.69) is 19.4 Å². The third kappa shape index (κ3) is 3.54. The molecule has 1 fully saturated rings. The molecule has 1 aliphatic rings. The van der Waals surface area contributed by atoms with Gasteiger partial charge in [-0.3, -0.25) is 9.88 Å². The molecule has 3 rings (SSSR count). The van der Waals surface area contributed by atoms with Gasteiger partial charge < -0.3 is 9.67 Å². The van der Waals surface area contributed by atoms with Crippen LogP contribution >= 0.6 is 0 Å². The van der Waals surface area contributed by atoms with Crippen molar-refractivity contribution in [2.24, 2.45) is 0 Å². The van der Waals surface area contributed by atoms with Gasteiger partial charge in [-0.05, 0) is 37.9 Å². The molecule has 1 saturated heterocycles. The Bertz CT molecular complexity index is 569. The van der Waals surface area contributed by atoms with E-state index in [9.17, 15) is 5.11 Å². The molecule has 0 amide bonds. The Hall–Kier alpha value is -1.72. The van der Waals surface area contributed by atoms with Crippen LogP contribution in [0.15, 0.2) is 36.9 Å². The second kappa shape index (κ2) is 7.51. The van der Waals surface area contributed by atoms with E-state index < -0.39 is 0 Å². The molecule has 0 radical (unpaired) electrons. The first-order valence-electron chi connectivity index (χ1n) is 8.15. The van der Waals surface area contributed by atoms with Crippen LogP contribution in [0.2, 0.25) is 0 Å². The highest BCUT2D eigenvalue weighted by atomic mass is 16.3. The van der Waals surface area contributed by atoms with Crippen molar-refractivity contribution in [2.45, 2.75) is 38.3 Å². The van der Waals surface area contributed by atoms with Crippen LogP contribution in [-0.2, 0) is 6.54 Å². The number of likely N-dealkylation sites (tertiary alicyclic amines) is 1. The summed E-state index contributed by atoms with van der Waals surface area (Å²) in [6.07, 6.45) is 12.2. The highest BCUT2D eigenvalue weighted by Gasteiger charge is 2.20. The quantitative estimate of drug-likeness (QED) is 0.888. The maximum Gasteiger partial charge on any atom is 0.141 e. The minimum atomic E-state index is 0.284. The lowest BCUT2D eigenvalue weighted by molar-refractivity contribution is 0.0882. The molecule has 0 aromatic carbocycles. The van der Waals surface area contributed by atoms with Crippen molar-refractivity contribution in [3.8, 4) is 11.4 Å². The molecular weight excluding hydrogens is 276 g/mol. The number of hydrogen-bond donors (Lipinski definition) is 1. The van der Waals surface area contributed by atoms with Crippen LogP contribution in [0.25, 0.3) is 11.4 Å². The van der Waals surface area contributed by atoms with Gasteiger partial charge in [0.05, 0.1) is 6.61 Å². The molecule has 3 heterocycles. The monoisotopic (exact) mass is 300 g/mol. The summed E-state index contributed by atoms with van der Waals surface area (Å²) < 4.78 is 2.19. The third-order valence-corrected chi connectivity index (χ3v) is 4.44. The molecule has 1 unspecified atom stereocenters. The summed E-state index contributed by atoms with van der Waals surface area (Å²) in [6.45, 7) is 3.38. The van der Waals surface area contributed by atoms with Crippen molar-refractivity contribution in [3.63, 3.8) is 0 Å². The summed E-state index contributed by atoms with van der Waals surface area (Å²) in [5.41, 5.74) is 1.05. The fraction of sp³-hybridized carbons (Fsp3) is 0.529. The molecule has 0 saturated carbocycles. The van der Waals surface area contributed by atoms with Crippen LogP contribution in [0.4, 0.5) is 0 Å². The smallest absolute Gasteiger partial charge is 0.141 e. The largest absolute Gasteiger partial charge is 0.395 e. The van der Waals surface area contributed by atoms with E-state index in [1.54, 1.807) is 6.20 Å². The Morgan fingerprint density at radius 2 is 2.18 bits per heavy atom. The Morgan fingerprint density at radius 3 is 3.00 bits per heavy atom. The van der Waals surface area contributed by atoms with E-state index in [1.165, 1.54) is 12.8 Å². The van der Waals surface area contributed by atoms with Crippen LogP contribution in [-0.4, -0.2) is 50.3 Å². The highest BCUT2D eigenvalue weighted by molar-refractivity contribution is 5.53. The normalized spacial score (nSPS) is 19.4. The lowest BCUT2D eigenvalue weighted by atomic mass is 10.0. The molecule has 2 aromatic rings. The number of aliphatic hydroxyl groups is 1. The topological polar surface area (TPSA) is 54.2 Å². The van der Waals surface area contributed by atoms with E-state index in [0.717, 1.165) is 43.9 Å². The van der Waals surface area contributed by atoms with Gasteiger partial charge in [0.25, 0.3) is 0 Å². The molecule has 5 heteroatoms. The van der Waals surface area contributed by atoms with Gasteiger partial charge in [0.15, 0.2) is 0 Å². The molecule has 5 nitrogen and oxygen atoms in total. The van der Waals surface area contributed by atoms with Crippen molar-refractivity contribution in [3.05, 3.63) is 36.9 Å². The minimum Gasteiger partial charge on any atom is -0.395 e. The number of rotatable bonds is 6. The number of hydrogen-bond acceptors (Lipinski definition) is 4. The molecule has 118 valence electrons. The number of nitrogens with zero attached hydrogens (tertiary/aromatic N) is 4. The van der Waals surface area contributed by atoms with E-state index in [0.29, 0.717) is 6.04 Å². The van der Waals surface area contributed by atoms with Crippen molar-refractivity contribution in [2.75, 3.05) is 19.7 Å². The van der Waals surface area contributed by atoms with Gasteiger partial charge in [0.1, 0.15) is 5.82 Å². The molecule has 2 aromatic heterocycles. The number of aryl methyl sites for hydroxylation is 1. The fourth-order valence-corrected chi connectivity index (χ4v) is 3.25. The summed E-state index contributed by atoms with van der Waals surface area (Å²) >= 11 is 0. The average molecular weight is 300 g/mol. The summed E-state index contributed by atoms with van der Waals surface area (Å²) in [5, 5.41) is 9.47. The summed E-state index contributed by atoms with van der Waals surface area (Å²) in [6, 6.07) is 4.33. The number of piperidine rings is 1. The van der Waals surface area contributed by atoms with Gasteiger partial charge in [-0.2, -0.15) is 0 Å². The van der Waals surface area contributed by atoms with Gasteiger partial charge in [-0.15, -0.1) is 0 Å². The number of aliphatic hydroxyl groups excluding tert-OH is 1. The Labute approximate surface area is 131 Å². The van der Waals surface area contributed by atoms with Crippen molar-refractivity contribution >= 4 is 0 Å². The summed E-state index contributed by atoms with van der Waals surface area (Å²) in [7, 11) is 0. The predicted molar refractivity (Wildman–Crippen MR) is 86.4 cm³/mol. The van der Waals surface area contributed by atoms with E-state index >= 15 is 0 Å². The van der Waals surface area contributed by atoms with Crippen LogP contribution < -0.4 is 0 Å². The number of imidazole rings is 1. The second-order valence-corrected chi connectivity index (χ2v) is 5.91. The SMILES string of the molecule is OCC1CCCCN1CCCn1ccnc1-c1cccnc1. The van der Waals surface area contributed by atoms with Gasteiger partial charge in [-0.1, -0.05) is 6.42 Å². The summed E-state index contributed by atoms with van der Waals surface area (Å²) in [5.74, 6) is 0.977. The highest BCUT2D eigenvalue weighted by Crippen LogP contribution is 2.18. The average Bonchev–Trinajstić information content (AvgIpc) is 3.04. The van der Waals surface area contributed by atoms with Crippen molar-refractivity contribution in [1.82, 2.24) is 19.4 Å². The van der Waals surface area contributed by atoms with Crippen LogP contribution in [0.1, 0.15) is 25.7 Å². The second-order valence-electron chi connectivity index (χ2n) is 5.91. The van der Waals surface area contributed by atoms with Crippen LogP contribution in [0, 0.1) is 0 Å². The summed E-state index contributed by atoms with van der Waals surface area (Å²) in [4.78, 5) is 11.1. The molecule has 1 N–H and O–H groups in total. The standard InChI is InChI=1S/C17H24N4O/c22-14-16-6-1-2-9-20(16)10-4-11-21-12-8-19-17(21)15-5-3-7-18-13-15/h3,5,7-8,12-13,16,22H,1-2,4,6,9-11,14H2. The molecule has 0 bridgehead atoms. The molecule has 1 aliphatic heterocycles. The molecule has 1 atom stereocenters. The zero-order valence-electron chi connectivity index (χ0n) is 12.9. The van der Waals surface area contributed by atoms with Crippen LogP contribution in [0.5, 0.6) is 0 Å².